The first kappa shape index (κ1) is 20.7. The number of piperidine rings is 1. The maximum atomic E-state index is 10.1. The SMILES string of the molecule is CCc1ccccc1CN1C2CC1CN(c1ccc(-c3cc(O)cn4ncc(C#N)c34)cn1)C2. The van der Waals surface area contributed by atoms with Crippen molar-refractivity contribution in [2.45, 2.75) is 38.4 Å². The van der Waals surface area contributed by atoms with Gasteiger partial charge in [0, 0.05) is 49.0 Å². The minimum Gasteiger partial charge on any atom is -0.506 e. The van der Waals surface area contributed by atoms with Crippen molar-refractivity contribution >= 4 is 11.3 Å². The number of anilines is 1. The fraction of sp³-hybridized carbons (Fsp3) is 0.296. The normalized spacial score (nSPS) is 19.7. The summed E-state index contributed by atoms with van der Waals surface area (Å²) < 4.78 is 1.54. The summed E-state index contributed by atoms with van der Waals surface area (Å²) in [6.07, 6.45) is 7.18. The number of benzene rings is 1. The molecule has 170 valence electrons. The molecule has 3 fully saturated rings. The van der Waals surface area contributed by atoms with Crippen LogP contribution < -0.4 is 4.90 Å². The Bertz CT molecular complexity index is 1390. The second kappa shape index (κ2) is 8.15. The largest absolute Gasteiger partial charge is 0.506 e. The van der Waals surface area contributed by atoms with Gasteiger partial charge in [0.15, 0.2) is 0 Å². The molecule has 2 atom stereocenters. The Morgan fingerprint density at radius 3 is 2.59 bits per heavy atom. The van der Waals surface area contributed by atoms with E-state index in [0.29, 0.717) is 23.2 Å². The first-order chi connectivity index (χ1) is 16.6. The summed E-state index contributed by atoms with van der Waals surface area (Å²) in [4.78, 5) is 9.78. The topological polar surface area (TPSA) is 80.7 Å². The van der Waals surface area contributed by atoms with Gasteiger partial charge in [0.1, 0.15) is 17.6 Å². The zero-order valence-electron chi connectivity index (χ0n) is 19.1. The molecule has 7 heteroatoms. The second-order valence-corrected chi connectivity index (χ2v) is 9.22. The van der Waals surface area contributed by atoms with Crippen molar-refractivity contribution in [1.29, 1.82) is 5.26 Å². The molecule has 7 nitrogen and oxygen atoms in total. The van der Waals surface area contributed by atoms with Gasteiger partial charge in [0.05, 0.1) is 23.5 Å². The Morgan fingerprint density at radius 2 is 1.88 bits per heavy atom. The Labute approximate surface area is 198 Å². The molecule has 0 spiro atoms. The number of aromatic nitrogens is 3. The Balaban J connectivity index is 1.20. The van der Waals surface area contributed by atoms with Crippen LogP contribution in [0.15, 0.2) is 61.1 Å². The van der Waals surface area contributed by atoms with Crippen LogP contribution >= 0.6 is 0 Å². The third kappa shape index (κ3) is 3.39. The first-order valence-electron chi connectivity index (χ1n) is 11.8. The van der Waals surface area contributed by atoms with E-state index in [1.54, 1.807) is 10.6 Å². The molecule has 3 aliphatic heterocycles. The van der Waals surface area contributed by atoms with Crippen molar-refractivity contribution in [1.82, 2.24) is 19.5 Å². The third-order valence-electron chi connectivity index (χ3n) is 7.30. The van der Waals surface area contributed by atoms with Gasteiger partial charge < -0.3 is 10.0 Å². The van der Waals surface area contributed by atoms with E-state index in [1.165, 1.54) is 29.9 Å². The lowest BCUT2D eigenvalue weighted by Gasteiger charge is -2.57. The summed E-state index contributed by atoms with van der Waals surface area (Å²) in [5.74, 6) is 1.07. The van der Waals surface area contributed by atoms with Gasteiger partial charge in [-0.05, 0) is 42.2 Å². The second-order valence-electron chi connectivity index (χ2n) is 9.22. The van der Waals surface area contributed by atoms with Gasteiger partial charge in [-0.3, -0.25) is 4.90 Å². The molecule has 6 heterocycles. The molecule has 3 aromatic heterocycles. The first-order valence-corrected chi connectivity index (χ1v) is 11.8. The fourth-order valence-electron chi connectivity index (χ4n) is 5.53. The van der Waals surface area contributed by atoms with Crippen LogP contribution in [0.1, 0.15) is 30.0 Å². The van der Waals surface area contributed by atoms with Crippen molar-refractivity contribution in [3.05, 3.63) is 77.7 Å². The molecule has 0 amide bonds. The molecule has 1 aromatic carbocycles. The highest BCUT2D eigenvalue weighted by atomic mass is 16.3. The van der Waals surface area contributed by atoms with Crippen molar-refractivity contribution in [2.75, 3.05) is 18.0 Å². The van der Waals surface area contributed by atoms with Crippen LogP contribution in [0, 0.1) is 11.3 Å². The zero-order valence-corrected chi connectivity index (χ0v) is 19.1. The molecule has 2 bridgehead atoms. The molecule has 3 aliphatic rings. The summed E-state index contributed by atoms with van der Waals surface area (Å²) in [5.41, 5.74) is 5.64. The third-order valence-corrected chi connectivity index (χ3v) is 7.30. The van der Waals surface area contributed by atoms with Crippen molar-refractivity contribution in [2.24, 2.45) is 0 Å². The van der Waals surface area contributed by atoms with Crippen LogP contribution in [-0.2, 0) is 13.0 Å². The zero-order chi connectivity index (χ0) is 23.2. The lowest BCUT2D eigenvalue weighted by molar-refractivity contribution is -0.00886. The van der Waals surface area contributed by atoms with Crippen molar-refractivity contribution < 1.29 is 5.11 Å². The lowest BCUT2D eigenvalue weighted by atomic mass is 9.86. The predicted octanol–water partition coefficient (Wildman–Crippen LogP) is 4.00. The van der Waals surface area contributed by atoms with E-state index in [-0.39, 0.29) is 5.75 Å². The van der Waals surface area contributed by atoms with Crippen molar-refractivity contribution in [3.63, 3.8) is 0 Å². The monoisotopic (exact) mass is 450 g/mol. The molecule has 3 saturated heterocycles. The number of hydrogen-bond acceptors (Lipinski definition) is 6. The standard InChI is InChI=1S/C27H26N6O/c1-2-18-5-3-4-6-20(18)14-32-22-9-23(32)16-31(15-22)26-8-7-19(12-29-26)25-10-24(34)17-33-27(25)21(11-28)13-30-33/h3-8,10,12-13,17,22-23,34H,2,9,14-16H2,1H3. The van der Waals surface area contributed by atoms with Crippen LogP contribution in [0.4, 0.5) is 5.82 Å². The number of nitriles is 1. The Hall–Kier alpha value is -3.89. The minimum absolute atomic E-state index is 0.0972. The van der Waals surface area contributed by atoms with Gasteiger partial charge in [-0.25, -0.2) is 9.50 Å². The van der Waals surface area contributed by atoms with E-state index in [9.17, 15) is 10.4 Å². The van der Waals surface area contributed by atoms with Gasteiger partial charge in [-0.1, -0.05) is 31.2 Å². The van der Waals surface area contributed by atoms with Gasteiger partial charge in [-0.2, -0.15) is 10.4 Å². The van der Waals surface area contributed by atoms with E-state index in [1.807, 2.05) is 18.3 Å². The molecular weight excluding hydrogens is 424 g/mol. The Morgan fingerprint density at radius 1 is 1.09 bits per heavy atom. The molecule has 2 unspecified atom stereocenters. The smallest absolute Gasteiger partial charge is 0.134 e. The minimum atomic E-state index is 0.0972. The molecule has 7 rings (SSSR count). The molecule has 0 radical (unpaired) electrons. The molecule has 34 heavy (non-hydrogen) atoms. The van der Waals surface area contributed by atoms with Crippen molar-refractivity contribution in [3.8, 4) is 22.9 Å². The number of aromatic hydroxyl groups is 1. The van der Waals surface area contributed by atoms with Gasteiger partial charge in [-0.15, -0.1) is 0 Å². The van der Waals surface area contributed by atoms with Crippen LogP contribution in [0.3, 0.4) is 0 Å². The number of rotatable bonds is 5. The quantitative estimate of drug-likeness (QED) is 0.495. The maximum absolute atomic E-state index is 10.1. The molecule has 4 aromatic rings. The fourth-order valence-corrected chi connectivity index (χ4v) is 5.53. The molecule has 0 aliphatic carbocycles. The summed E-state index contributed by atoms with van der Waals surface area (Å²) >= 11 is 0. The lowest BCUT2D eigenvalue weighted by Crippen LogP contribution is -2.68. The highest BCUT2D eigenvalue weighted by Gasteiger charge is 2.44. The van der Waals surface area contributed by atoms with E-state index >= 15 is 0 Å². The predicted molar refractivity (Wildman–Crippen MR) is 131 cm³/mol. The van der Waals surface area contributed by atoms with Crippen LogP contribution in [0.2, 0.25) is 0 Å². The number of hydrogen-bond donors (Lipinski definition) is 1. The van der Waals surface area contributed by atoms with Gasteiger partial charge in [0.2, 0.25) is 0 Å². The summed E-state index contributed by atoms with van der Waals surface area (Å²) in [6.45, 7) is 5.21. The van der Waals surface area contributed by atoms with Gasteiger partial charge in [0.25, 0.3) is 0 Å². The number of piperazine rings is 1. The van der Waals surface area contributed by atoms with Crippen LogP contribution in [-0.4, -0.2) is 49.8 Å². The van der Waals surface area contributed by atoms with E-state index in [4.69, 9.17) is 4.98 Å². The maximum Gasteiger partial charge on any atom is 0.134 e. The highest BCUT2D eigenvalue weighted by Crippen LogP contribution is 2.36. The summed E-state index contributed by atoms with van der Waals surface area (Å²) in [6, 6.07) is 17.8. The number of aryl methyl sites for hydroxylation is 1. The van der Waals surface area contributed by atoms with E-state index < -0.39 is 0 Å². The van der Waals surface area contributed by atoms with E-state index in [2.05, 4.69) is 52.2 Å². The Kier molecular flexibility index (Phi) is 4.96. The average Bonchev–Trinajstić information content (AvgIpc) is 3.30. The van der Waals surface area contributed by atoms with Crippen LogP contribution in [0.5, 0.6) is 5.75 Å². The molecule has 1 N–H and O–H groups in total. The van der Waals surface area contributed by atoms with Crippen LogP contribution in [0.25, 0.3) is 16.6 Å². The molecular formula is C27H26N6O. The van der Waals surface area contributed by atoms with Gasteiger partial charge >= 0.3 is 0 Å². The molecule has 0 saturated carbocycles. The average molecular weight is 451 g/mol. The number of nitrogens with zero attached hydrogens (tertiary/aromatic N) is 6. The number of fused-ring (bicyclic) bond motifs is 3. The summed E-state index contributed by atoms with van der Waals surface area (Å²) in [7, 11) is 0. The number of pyridine rings is 2. The van der Waals surface area contributed by atoms with E-state index in [0.717, 1.165) is 43.0 Å². The highest BCUT2D eigenvalue weighted by molar-refractivity contribution is 5.85. The summed E-state index contributed by atoms with van der Waals surface area (Å²) in [5, 5.41) is 23.8.